The maximum absolute atomic E-state index is 12.8. The van der Waals surface area contributed by atoms with Gasteiger partial charge in [0.1, 0.15) is 6.61 Å². The van der Waals surface area contributed by atoms with Crippen molar-refractivity contribution in [2.24, 2.45) is 0 Å². The van der Waals surface area contributed by atoms with Crippen LogP contribution >= 0.6 is 22.9 Å². The Labute approximate surface area is 124 Å². The lowest BCUT2D eigenvalue weighted by Crippen LogP contribution is -2.34. The number of ether oxygens (including phenoxy) is 1. The molecule has 0 aliphatic carbocycles. The summed E-state index contributed by atoms with van der Waals surface area (Å²) in [6.45, 7) is 1.15. The molecule has 0 saturated heterocycles. The van der Waals surface area contributed by atoms with Gasteiger partial charge in [-0.25, -0.2) is 8.78 Å². The molecule has 116 valence electrons. The van der Waals surface area contributed by atoms with Gasteiger partial charge in [-0.15, -0.1) is 11.3 Å². The first-order valence-corrected chi connectivity index (χ1v) is 7.34. The third-order valence-corrected chi connectivity index (χ3v) is 3.97. The predicted molar refractivity (Wildman–Crippen MR) is 72.1 cm³/mol. The molecule has 0 aliphatic heterocycles. The molecule has 0 bridgehead atoms. The van der Waals surface area contributed by atoms with Crippen LogP contribution in [0.25, 0.3) is 0 Å². The molecule has 0 saturated carbocycles. The minimum absolute atomic E-state index is 0.136. The van der Waals surface area contributed by atoms with Gasteiger partial charge in [0.15, 0.2) is 0 Å². The fourth-order valence-corrected chi connectivity index (χ4v) is 2.73. The second-order valence-corrected chi connectivity index (χ2v) is 5.57. The van der Waals surface area contributed by atoms with Crippen LogP contribution in [0, 0.1) is 0 Å². The molecule has 1 aromatic rings. The molecule has 0 fully saturated rings. The van der Waals surface area contributed by atoms with Crippen molar-refractivity contribution < 1.29 is 22.3 Å². The average molecular weight is 334 g/mol. The van der Waals surface area contributed by atoms with Crippen molar-refractivity contribution in [1.29, 1.82) is 0 Å². The molecule has 8 heteroatoms. The second-order valence-electron chi connectivity index (χ2n) is 4.22. The quantitative estimate of drug-likeness (QED) is 0.678. The third-order valence-electron chi connectivity index (χ3n) is 2.50. The molecule has 0 radical (unpaired) electrons. The van der Waals surface area contributed by atoms with Gasteiger partial charge >= 0.3 is 12.3 Å². The van der Waals surface area contributed by atoms with Crippen LogP contribution in [-0.4, -0.2) is 32.1 Å². The zero-order chi connectivity index (χ0) is 15.2. The minimum Gasteiger partial charge on any atom is -0.373 e. The van der Waals surface area contributed by atoms with Gasteiger partial charge in [0.25, 0.3) is 0 Å². The Balaban J connectivity index is 2.56. The Bertz CT molecular complexity index is 403. The van der Waals surface area contributed by atoms with Crippen LogP contribution in [0.15, 0.2) is 11.4 Å². The number of thiophene rings is 1. The van der Waals surface area contributed by atoms with Crippen LogP contribution in [0.2, 0.25) is 5.02 Å². The van der Waals surface area contributed by atoms with E-state index in [0.717, 1.165) is 11.3 Å². The van der Waals surface area contributed by atoms with Crippen LogP contribution in [0.5, 0.6) is 0 Å². The largest absolute Gasteiger partial charge is 0.373 e. The summed E-state index contributed by atoms with van der Waals surface area (Å²) in [6, 6.07) is 1.31. The van der Waals surface area contributed by atoms with Gasteiger partial charge in [0, 0.05) is 4.88 Å². The summed E-state index contributed by atoms with van der Waals surface area (Å²) in [7, 11) is 0. The smallest absolute Gasteiger partial charge is 0.330 e. The van der Waals surface area contributed by atoms with E-state index in [1.807, 2.05) is 6.92 Å². The summed E-state index contributed by atoms with van der Waals surface area (Å²) in [5.41, 5.74) is 0. The van der Waals surface area contributed by atoms with Crippen molar-refractivity contribution in [3.05, 3.63) is 21.3 Å². The van der Waals surface area contributed by atoms with Gasteiger partial charge in [-0.1, -0.05) is 18.5 Å². The lowest BCUT2D eigenvalue weighted by molar-refractivity contribution is -0.167. The highest BCUT2D eigenvalue weighted by Gasteiger charge is 2.41. The van der Waals surface area contributed by atoms with Gasteiger partial charge in [-0.2, -0.15) is 8.78 Å². The third kappa shape index (κ3) is 5.20. The summed E-state index contributed by atoms with van der Waals surface area (Å²) in [6.07, 6.45) is -2.89. The monoisotopic (exact) mass is 333 g/mol. The topological polar surface area (TPSA) is 21.3 Å². The predicted octanol–water partition coefficient (Wildman–Crippen LogP) is 4.36. The molecule has 20 heavy (non-hydrogen) atoms. The molecule has 1 aromatic heterocycles. The van der Waals surface area contributed by atoms with Crippen molar-refractivity contribution in [3.8, 4) is 0 Å². The van der Waals surface area contributed by atoms with Gasteiger partial charge < -0.3 is 10.1 Å². The summed E-state index contributed by atoms with van der Waals surface area (Å²) in [5.74, 6) is -4.13. The molecule has 1 rings (SSSR count). The van der Waals surface area contributed by atoms with Gasteiger partial charge in [0.2, 0.25) is 0 Å². The highest BCUT2D eigenvalue weighted by Crippen LogP contribution is 2.30. The van der Waals surface area contributed by atoms with E-state index in [-0.39, 0.29) is 12.6 Å². The van der Waals surface area contributed by atoms with Gasteiger partial charge in [-0.3, -0.25) is 0 Å². The summed E-state index contributed by atoms with van der Waals surface area (Å²) < 4.78 is 54.3. The first-order chi connectivity index (χ1) is 9.38. The van der Waals surface area contributed by atoms with Crippen molar-refractivity contribution in [2.75, 3.05) is 19.8 Å². The van der Waals surface area contributed by atoms with Crippen molar-refractivity contribution in [3.63, 3.8) is 0 Å². The van der Waals surface area contributed by atoms with Crippen molar-refractivity contribution in [1.82, 2.24) is 5.32 Å². The van der Waals surface area contributed by atoms with E-state index in [0.29, 0.717) is 11.6 Å². The van der Waals surface area contributed by atoms with Crippen LogP contribution in [-0.2, 0) is 4.74 Å². The number of halogens is 5. The molecular weight excluding hydrogens is 318 g/mol. The highest BCUT2D eigenvalue weighted by atomic mass is 35.5. The van der Waals surface area contributed by atoms with E-state index >= 15 is 0 Å². The molecule has 1 N–H and O–H groups in total. The number of rotatable bonds is 9. The summed E-state index contributed by atoms with van der Waals surface area (Å²) >= 11 is 7.34. The van der Waals surface area contributed by atoms with E-state index in [1.165, 1.54) is 11.3 Å². The lowest BCUT2D eigenvalue weighted by atomic mass is 10.2. The number of nitrogens with one attached hydrogen (secondary N) is 1. The Morgan fingerprint density at radius 1 is 1.45 bits per heavy atom. The molecular formula is C12H16ClF4NOS. The van der Waals surface area contributed by atoms with E-state index in [9.17, 15) is 17.6 Å². The van der Waals surface area contributed by atoms with Crippen LogP contribution in [0.4, 0.5) is 17.6 Å². The van der Waals surface area contributed by atoms with Crippen molar-refractivity contribution in [2.45, 2.75) is 31.7 Å². The average Bonchev–Trinajstić information content (AvgIpc) is 2.79. The number of alkyl halides is 4. The molecule has 2 nitrogen and oxygen atoms in total. The Kier molecular flexibility index (Phi) is 7.22. The van der Waals surface area contributed by atoms with E-state index in [4.69, 9.17) is 16.3 Å². The van der Waals surface area contributed by atoms with E-state index in [2.05, 4.69) is 5.32 Å². The minimum atomic E-state index is -4.13. The maximum Gasteiger partial charge on any atom is 0.330 e. The number of hydrogen-bond donors (Lipinski definition) is 1. The molecule has 1 atom stereocenters. The van der Waals surface area contributed by atoms with Gasteiger partial charge in [-0.05, 0) is 24.4 Å². The lowest BCUT2D eigenvalue weighted by Gasteiger charge is -2.20. The van der Waals surface area contributed by atoms with Crippen LogP contribution in [0.1, 0.15) is 24.3 Å². The first kappa shape index (κ1) is 17.7. The molecule has 0 amide bonds. The molecule has 0 aliphatic rings. The van der Waals surface area contributed by atoms with E-state index < -0.39 is 19.0 Å². The van der Waals surface area contributed by atoms with Crippen LogP contribution < -0.4 is 5.32 Å². The first-order valence-electron chi connectivity index (χ1n) is 6.08. The Hall–Kier alpha value is -0.370. The van der Waals surface area contributed by atoms with E-state index in [1.54, 1.807) is 11.4 Å². The molecule has 0 spiro atoms. The zero-order valence-corrected chi connectivity index (χ0v) is 12.4. The second kappa shape index (κ2) is 8.17. The molecule has 0 aromatic carbocycles. The van der Waals surface area contributed by atoms with Gasteiger partial charge in [0.05, 0.1) is 17.7 Å². The normalized spacial score (nSPS) is 13.9. The van der Waals surface area contributed by atoms with Crippen LogP contribution in [0.3, 0.4) is 0 Å². The summed E-state index contributed by atoms with van der Waals surface area (Å²) in [5, 5.41) is 5.37. The maximum atomic E-state index is 12.8. The summed E-state index contributed by atoms with van der Waals surface area (Å²) in [4.78, 5) is 0.750. The highest BCUT2D eigenvalue weighted by molar-refractivity contribution is 7.10. The Morgan fingerprint density at radius 3 is 2.65 bits per heavy atom. The SMILES string of the molecule is CCCNC(COCC(F)(F)C(F)F)c1sccc1Cl. The zero-order valence-electron chi connectivity index (χ0n) is 10.8. The number of hydrogen-bond acceptors (Lipinski definition) is 3. The Morgan fingerprint density at radius 2 is 2.15 bits per heavy atom. The fraction of sp³-hybridized carbons (Fsp3) is 0.667. The standard InChI is InChI=1S/C12H16ClF4NOS/c1-2-4-18-9(10-8(13)3-5-20-10)6-19-7-12(16,17)11(14)15/h3,5,9,11,18H,2,4,6-7H2,1H3. The molecule has 1 unspecified atom stereocenters. The fourth-order valence-electron chi connectivity index (χ4n) is 1.48. The van der Waals surface area contributed by atoms with Crippen molar-refractivity contribution >= 4 is 22.9 Å². The molecule has 1 heterocycles.